The molecule has 3 unspecified atom stereocenters. The van der Waals surface area contributed by atoms with E-state index in [1.54, 1.807) is 0 Å². The van der Waals surface area contributed by atoms with E-state index in [1.165, 1.54) is 29.5 Å². The summed E-state index contributed by atoms with van der Waals surface area (Å²) >= 11 is 0. The molecule has 0 aromatic heterocycles. The van der Waals surface area contributed by atoms with Gasteiger partial charge in [-0.3, -0.25) is 0 Å². The fourth-order valence-corrected chi connectivity index (χ4v) is 2.54. The van der Waals surface area contributed by atoms with Crippen LogP contribution >= 0.6 is 0 Å². The number of hydrogen-bond acceptors (Lipinski definition) is 1. The maximum atomic E-state index is 3.74. The molecule has 0 radical (unpaired) electrons. The predicted molar refractivity (Wildman–Crippen MR) is 69.7 cm³/mol. The molecule has 1 aliphatic carbocycles. The van der Waals surface area contributed by atoms with Crippen molar-refractivity contribution in [1.82, 2.24) is 5.32 Å². The van der Waals surface area contributed by atoms with E-state index < -0.39 is 0 Å². The van der Waals surface area contributed by atoms with Crippen molar-refractivity contribution >= 4 is 0 Å². The SMILES string of the molecule is CCC1CC1NC(C)c1cc(C)ccc1C. The number of aryl methyl sites for hydroxylation is 2. The molecule has 1 N–H and O–H groups in total. The first kappa shape index (κ1) is 11.7. The summed E-state index contributed by atoms with van der Waals surface area (Å²) in [5.41, 5.74) is 4.22. The Morgan fingerprint density at radius 3 is 2.75 bits per heavy atom. The van der Waals surface area contributed by atoms with Crippen LogP contribution in [-0.2, 0) is 0 Å². The third-order valence-electron chi connectivity index (χ3n) is 3.81. The molecule has 16 heavy (non-hydrogen) atoms. The summed E-state index contributed by atoms with van der Waals surface area (Å²) < 4.78 is 0. The van der Waals surface area contributed by atoms with E-state index >= 15 is 0 Å². The van der Waals surface area contributed by atoms with Gasteiger partial charge in [0.05, 0.1) is 0 Å². The lowest BCUT2D eigenvalue weighted by atomic mass is 10.00. The number of nitrogens with one attached hydrogen (secondary N) is 1. The van der Waals surface area contributed by atoms with Gasteiger partial charge in [0.2, 0.25) is 0 Å². The van der Waals surface area contributed by atoms with Gasteiger partial charge in [0, 0.05) is 12.1 Å². The van der Waals surface area contributed by atoms with E-state index in [-0.39, 0.29) is 0 Å². The van der Waals surface area contributed by atoms with Gasteiger partial charge in [0.25, 0.3) is 0 Å². The second-order valence-electron chi connectivity index (χ2n) is 5.26. The van der Waals surface area contributed by atoms with Crippen LogP contribution in [0.1, 0.15) is 49.4 Å². The average molecular weight is 217 g/mol. The van der Waals surface area contributed by atoms with E-state index in [0.717, 1.165) is 12.0 Å². The molecule has 0 aliphatic heterocycles. The van der Waals surface area contributed by atoms with E-state index in [1.807, 2.05) is 0 Å². The van der Waals surface area contributed by atoms with Crippen molar-refractivity contribution < 1.29 is 0 Å². The second kappa shape index (κ2) is 4.58. The van der Waals surface area contributed by atoms with Gasteiger partial charge in [-0.1, -0.05) is 37.1 Å². The van der Waals surface area contributed by atoms with E-state index in [4.69, 9.17) is 0 Å². The van der Waals surface area contributed by atoms with Crippen LogP contribution in [0.25, 0.3) is 0 Å². The minimum atomic E-state index is 0.487. The standard InChI is InChI=1S/C15H23N/c1-5-13-9-15(13)16-12(4)14-8-10(2)6-7-11(14)3/h6-8,12-13,15-16H,5,9H2,1-4H3. The summed E-state index contributed by atoms with van der Waals surface area (Å²) in [6, 6.07) is 7.99. The molecule has 0 saturated heterocycles. The molecule has 0 bridgehead atoms. The van der Waals surface area contributed by atoms with Gasteiger partial charge >= 0.3 is 0 Å². The van der Waals surface area contributed by atoms with Crippen molar-refractivity contribution in [3.8, 4) is 0 Å². The van der Waals surface area contributed by atoms with Crippen LogP contribution in [0.2, 0.25) is 0 Å². The average Bonchev–Trinajstić information content (AvgIpc) is 3.00. The Hall–Kier alpha value is -0.820. The van der Waals surface area contributed by atoms with Crippen LogP contribution < -0.4 is 5.32 Å². The summed E-state index contributed by atoms with van der Waals surface area (Å²) in [6.45, 7) is 8.94. The minimum Gasteiger partial charge on any atom is -0.307 e. The topological polar surface area (TPSA) is 12.0 Å². The highest BCUT2D eigenvalue weighted by Gasteiger charge is 2.35. The molecular formula is C15H23N. The zero-order valence-corrected chi connectivity index (χ0v) is 10.9. The van der Waals surface area contributed by atoms with E-state index in [2.05, 4.69) is 51.2 Å². The molecule has 1 heteroatoms. The molecule has 1 aromatic carbocycles. The number of rotatable bonds is 4. The quantitative estimate of drug-likeness (QED) is 0.810. The summed E-state index contributed by atoms with van der Waals surface area (Å²) in [5.74, 6) is 0.924. The number of benzene rings is 1. The third-order valence-corrected chi connectivity index (χ3v) is 3.81. The highest BCUT2D eigenvalue weighted by Crippen LogP contribution is 2.35. The lowest BCUT2D eigenvalue weighted by Gasteiger charge is -2.17. The molecule has 1 nitrogen and oxygen atoms in total. The van der Waals surface area contributed by atoms with Gasteiger partial charge in [-0.05, 0) is 44.2 Å². The Morgan fingerprint density at radius 2 is 2.12 bits per heavy atom. The van der Waals surface area contributed by atoms with Crippen LogP contribution in [0.4, 0.5) is 0 Å². The summed E-state index contributed by atoms with van der Waals surface area (Å²) in [5, 5.41) is 3.74. The second-order valence-corrected chi connectivity index (χ2v) is 5.26. The molecule has 2 rings (SSSR count). The summed E-state index contributed by atoms with van der Waals surface area (Å²) in [7, 11) is 0. The number of hydrogen-bond donors (Lipinski definition) is 1. The molecule has 1 saturated carbocycles. The molecule has 88 valence electrons. The molecule has 1 aromatic rings. The summed E-state index contributed by atoms with van der Waals surface area (Å²) in [4.78, 5) is 0. The van der Waals surface area contributed by atoms with Gasteiger partial charge in [-0.15, -0.1) is 0 Å². The zero-order chi connectivity index (χ0) is 11.7. The van der Waals surface area contributed by atoms with Crippen LogP contribution in [0.3, 0.4) is 0 Å². The largest absolute Gasteiger partial charge is 0.307 e. The Balaban J connectivity index is 2.03. The fourth-order valence-electron chi connectivity index (χ4n) is 2.54. The fraction of sp³-hybridized carbons (Fsp3) is 0.600. The van der Waals surface area contributed by atoms with Crippen molar-refractivity contribution in [2.24, 2.45) is 5.92 Å². The van der Waals surface area contributed by atoms with Crippen molar-refractivity contribution in [2.75, 3.05) is 0 Å². The van der Waals surface area contributed by atoms with Gasteiger partial charge in [-0.2, -0.15) is 0 Å². The Bertz CT molecular complexity index is 370. The van der Waals surface area contributed by atoms with Crippen molar-refractivity contribution in [1.29, 1.82) is 0 Å². The van der Waals surface area contributed by atoms with Crippen LogP contribution in [0, 0.1) is 19.8 Å². The highest BCUT2D eigenvalue weighted by molar-refractivity contribution is 5.32. The molecule has 0 heterocycles. The highest BCUT2D eigenvalue weighted by atomic mass is 15.0. The van der Waals surface area contributed by atoms with E-state index in [0.29, 0.717) is 6.04 Å². The van der Waals surface area contributed by atoms with Crippen molar-refractivity contribution in [2.45, 2.75) is 52.6 Å². The van der Waals surface area contributed by atoms with Crippen LogP contribution in [0.15, 0.2) is 18.2 Å². The Kier molecular flexibility index (Phi) is 3.34. The molecule has 3 atom stereocenters. The Labute approximate surface area is 99.3 Å². The van der Waals surface area contributed by atoms with Crippen LogP contribution in [0.5, 0.6) is 0 Å². The monoisotopic (exact) mass is 217 g/mol. The van der Waals surface area contributed by atoms with Crippen molar-refractivity contribution in [3.05, 3.63) is 34.9 Å². The smallest absolute Gasteiger partial charge is 0.0297 e. The Morgan fingerprint density at radius 1 is 1.38 bits per heavy atom. The first-order valence-corrected chi connectivity index (χ1v) is 6.45. The maximum absolute atomic E-state index is 3.74. The molecule has 1 fully saturated rings. The molecule has 0 spiro atoms. The molecule has 0 amide bonds. The first-order valence-electron chi connectivity index (χ1n) is 6.45. The normalized spacial score (nSPS) is 25.5. The first-order chi connectivity index (χ1) is 7.61. The van der Waals surface area contributed by atoms with Gasteiger partial charge in [0.1, 0.15) is 0 Å². The lowest BCUT2D eigenvalue weighted by Crippen LogP contribution is -2.23. The molecular weight excluding hydrogens is 194 g/mol. The summed E-state index contributed by atoms with van der Waals surface area (Å²) in [6.07, 6.45) is 2.68. The minimum absolute atomic E-state index is 0.487. The predicted octanol–water partition coefficient (Wildman–Crippen LogP) is 3.75. The lowest BCUT2D eigenvalue weighted by molar-refractivity contribution is 0.537. The van der Waals surface area contributed by atoms with E-state index in [9.17, 15) is 0 Å². The maximum Gasteiger partial charge on any atom is 0.0297 e. The molecule has 1 aliphatic rings. The zero-order valence-electron chi connectivity index (χ0n) is 10.9. The third kappa shape index (κ3) is 2.46. The van der Waals surface area contributed by atoms with Gasteiger partial charge in [0.15, 0.2) is 0 Å². The van der Waals surface area contributed by atoms with Gasteiger partial charge in [-0.25, -0.2) is 0 Å². The van der Waals surface area contributed by atoms with Gasteiger partial charge < -0.3 is 5.32 Å². The van der Waals surface area contributed by atoms with Crippen molar-refractivity contribution in [3.63, 3.8) is 0 Å². The van der Waals surface area contributed by atoms with Crippen LogP contribution in [-0.4, -0.2) is 6.04 Å².